The molecule has 1 aromatic heterocycles. The third kappa shape index (κ3) is 13.9. The van der Waals surface area contributed by atoms with E-state index in [2.05, 4.69) is 70.4 Å². The Morgan fingerprint density at radius 3 is 1.74 bits per heavy atom. The van der Waals surface area contributed by atoms with Crippen molar-refractivity contribution >= 4 is 16.6 Å². The molecule has 2 rings (SSSR count). The maximum atomic E-state index is 6.14. The quantitative estimate of drug-likeness (QED) is 0.418. The summed E-state index contributed by atoms with van der Waals surface area (Å²) in [7, 11) is 0. The van der Waals surface area contributed by atoms with Crippen molar-refractivity contribution in [3.63, 3.8) is 0 Å². The van der Waals surface area contributed by atoms with Crippen LogP contribution in [-0.2, 0) is 0 Å². The van der Waals surface area contributed by atoms with Crippen molar-refractivity contribution in [2.75, 3.05) is 0 Å². The number of pyridine rings is 1. The zero-order chi connectivity index (χ0) is 24.4. The van der Waals surface area contributed by atoms with Crippen LogP contribution in [0.15, 0.2) is 48.7 Å². The van der Waals surface area contributed by atoms with E-state index in [9.17, 15) is 0 Å². The molecule has 0 bridgehead atoms. The minimum atomic E-state index is 0.699. The first-order valence-electron chi connectivity index (χ1n) is 11.7. The summed E-state index contributed by atoms with van der Waals surface area (Å²) in [5, 5.41) is 0.699. The Labute approximate surface area is 198 Å². The molecule has 0 aliphatic carbocycles. The van der Waals surface area contributed by atoms with E-state index < -0.39 is 0 Å². The van der Waals surface area contributed by atoms with Crippen LogP contribution in [0.1, 0.15) is 96.5 Å². The van der Waals surface area contributed by atoms with Gasteiger partial charge in [0.15, 0.2) is 0 Å². The summed E-state index contributed by atoms with van der Waals surface area (Å²) in [5.74, 6) is 0. The summed E-state index contributed by atoms with van der Waals surface area (Å²) < 4.78 is 0. The number of allylic oxidation sites excluding steroid dienone is 2. The van der Waals surface area contributed by atoms with Gasteiger partial charge in [0.25, 0.3) is 0 Å². The van der Waals surface area contributed by atoms with Gasteiger partial charge >= 0.3 is 0 Å². The van der Waals surface area contributed by atoms with Crippen LogP contribution in [-0.4, -0.2) is 4.98 Å². The number of rotatable bonds is 5. The van der Waals surface area contributed by atoms with Gasteiger partial charge in [-0.15, -0.1) is 6.58 Å². The maximum Gasteiger partial charge on any atom is 0.0842 e. The van der Waals surface area contributed by atoms with Crippen molar-refractivity contribution in [2.45, 2.75) is 94.9 Å². The second-order valence-electron chi connectivity index (χ2n) is 7.57. The first kappa shape index (κ1) is 31.3. The number of halogens is 1. The van der Waals surface area contributed by atoms with E-state index in [4.69, 9.17) is 11.6 Å². The van der Waals surface area contributed by atoms with Crippen LogP contribution >= 0.6 is 11.6 Å². The molecule has 31 heavy (non-hydrogen) atoms. The molecule has 0 aliphatic heterocycles. The lowest BCUT2D eigenvalue weighted by Crippen LogP contribution is -1.92. The summed E-state index contributed by atoms with van der Waals surface area (Å²) in [4.78, 5) is 4.48. The second-order valence-corrected chi connectivity index (χ2v) is 7.97. The van der Waals surface area contributed by atoms with Crippen molar-refractivity contribution in [2.24, 2.45) is 0 Å². The SMILES string of the molecule is C/C=C(/Cl)c1ncc(-c2cc(C)cc(C)c2)cc1C.C=C(C)CC.CC.CCCCC. The normalized spacial score (nSPS) is 9.97. The molecule has 0 spiro atoms. The molecule has 1 heterocycles. The molecule has 2 aromatic rings. The third-order valence-corrected chi connectivity index (χ3v) is 4.82. The predicted molar refractivity (Wildman–Crippen MR) is 145 cm³/mol. The topological polar surface area (TPSA) is 12.9 Å². The number of hydrogen-bond donors (Lipinski definition) is 0. The molecule has 0 amide bonds. The van der Waals surface area contributed by atoms with Gasteiger partial charge in [0.05, 0.1) is 10.7 Å². The van der Waals surface area contributed by atoms with Crippen LogP contribution in [0.4, 0.5) is 0 Å². The van der Waals surface area contributed by atoms with Crippen LogP contribution < -0.4 is 0 Å². The van der Waals surface area contributed by atoms with Crippen LogP contribution in [0.25, 0.3) is 16.2 Å². The van der Waals surface area contributed by atoms with Crippen LogP contribution in [0, 0.1) is 20.8 Å². The number of unbranched alkanes of at least 4 members (excludes halogenated alkanes) is 2. The molecule has 1 nitrogen and oxygen atoms in total. The number of benzene rings is 1. The summed E-state index contributed by atoms with van der Waals surface area (Å²) in [6.07, 6.45) is 8.95. The van der Waals surface area contributed by atoms with Gasteiger partial charge in [-0.1, -0.05) is 106 Å². The molecular formula is C29H46ClN. The summed E-state index contributed by atoms with van der Waals surface area (Å²) >= 11 is 6.14. The molecular weight excluding hydrogens is 398 g/mol. The lowest BCUT2D eigenvalue weighted by atomic mass is 10.0. The standard InChI is InChI=1S/C17H18ClN.C5H10.C5H12.C2H6/c1-5-16(18)17-13(4)9-15(10-19-17)14-7-11(2)6-12(3)8-14;1-4-5(2)3;1-3-5-4-2;1-2/h5-10H,1-4H3;2,4H2,1,3H3;3-5H2,1-2H3;1-2H3/b16-5+;;;. The number of aryl methyl sites for hydroxylation is 3. The Balaban J connectivity index is 0. The van der Waals surface area contributed by atoms with Gasteiger partial charge in [0, 0.05) is 11.8 Å². The summed E-state index contributed by atoms with van der Waals surface area (Å²) in [5.41, 5.74) is 8.08. The molecule has 0 N–H and O–H groups in total. The van der Waals surface area contributed by atoms with E-state index >= 15 is 0 Å². The third-order valence-electron chi connectivity index (χ3n) is 4.42. The highest BCUT2D eigenvalue weighted by atomic mass is 35.5. The first-order valence-corrected chi connectivity index (χ1v) is 12.1. The van der Waals surface area contributed by atoms with E-state index in [0.29, 0.717) is 5.03 Å². The fourth-order valence-corrected chi connectivity index (χ4v) is 2.81. The van der Waals surface area contributed by atoms with Crippen molar-refractivity contribution in [3.8, 4) is 11.1 Å². The van der Waals surface area contributed by atoms with Crippen molar-refractivity contribution in [3.05, 3.63) is 71.1 Å². The number of aromatic nitrogens is 1. The Morgan fingerprint density at radius 1 is 0.935 bits per heavy atom. The molecule has 2 heteroatoms. The zero-order valence-electron chi connectivity index (χ0n) is 21.8. The summed E-state index contributed by atoms with van der Waals surface area (Å²) in [6, 6.07) is 8.68. The molecule has 0 saturated carbocycles. The van der Waals surface area contributed by atoms with Gasteiger partial charge in [-0.3, -0.25) is 4.98 Å². The molecule has 1 aromatic carbocycles. The van der Waals surface area contributed by atoms with E-state index in [1.54, 1.807) is 0 Å². The molecule has 0 aliphatic rings. The maximum absolute atomic E-state index is 6.14. The number of nitrogens with zero attached hydrogens (tertiary/aromatic N) is 1. The molecule has 0 radical (unpaired) electrons. The lowest BCUT2D eigenvalue weighted by Gasteiger charge is -2.09. The Kier molecular flexibility index (Phi) is 19.1. The molecule has 0 unspecified atom stereocenters. The Morgan fingerprint density at radius 2 is 1.42 bits per heavy atom. The predicted octanol–water partition coefficient (Wildman–Crippen LogP) is 10.5. The number of hydrogen-bond acceptors (Lipinski definition) is 1. The van der Waals surface area contributed by atoms with Crippen molar-refractivity contribution in [1.29, 1.82) is 0 Å². The average Bonchev–Trinajstić information content (AvgIpc) is 2.75. The average molecular weight is 444 g/mol. The van der Waals surface area contributed by atoms with Crippen molar-refractivity contribution in [1.82, 2.24) is 4.98 Å². The lowest BCUT2D eigenvalue weighted by molar-refractivity contribution is 0.772. The van der Waals surface area contributed by atoms with E-state index in [1.807, 2.05) is 46.9 Å². The summed E-state index contributed by atoms with van der Waals surface area (Å²) in [6.45, 7) is 24.4. The van der Waals surface area contributed by atoms with Gasteiger partial charge in [-0.25, -0.2) is 0 Å². The van der Waals surface area contributed by atoms with Gasteiger partial charge in [0.1, 0.15) is 0 Å². The first-order chi connectivity index (χ1) is 14.7. The van der Waals surface area contributed by atoms with E-state index in [-0.39, 0.29) is 0 Å². The monoisotopic (exact) mass is 443 g/mol. The largest absolute Gasteiger partial charge is 0.254 e. The van der Waals surface area contributed by atoms with Gasteiger partial charge in [-0.2, -0.15) is 0 Å². The van der Waals surface area contributed by atoms with Gasteiger partial charge in [0.2, 0.25) is 0 Å². The Hall–Kier alpha value is -1.86. The molecule has 0 saturated heterocycles. The fourth-order valence-electron chi connectivity index (χ4n) is 2.61. The molecule has 0 atom stereocenters. The highest BCUT2D eigenvalue weighted by Crippen LogP contribution is 2.26. The van der Waals surface area contributed by atoms with E-state index in [0.717, 1.165) is 23.2 Å². The van der Waals surface area contributed by atoms with Gasteiger partial charge < -0.3 is 0 Å². The highest BCUT2D eigenvalue weighted by Gasteiger charge is 2.07. The highest BCUT2D eigenvalue weighted by molar-refractivity contribution is 6.48. The van der Waals surface area contributed by atoms with Crippen LogP contribution in [0.5, 0.6) is 0 Å². The Bertz CT molecular complexity index is 765. The minimum Gasteiger partial charge on any atom is -0.254 e. The van der Waals surface area contributed by atoms with Crippen molar-refractivity contribution < 1.29 is 0 Å². The molecule has 174 valence electrons. The van der Waals surface area contributed by atoms with Crippen LogP contribution in [0.3, 0.4) is 0 Å². The minimum absolute atomic E-state index is 0.699. The second kappa shape index (κ2) is 18.9. The zero-order valence-corrected chi connectivity index (χ0v) is 22.6. The molecule has 0 fully saturated rings. The fraction of sp³-hybridized carbons (Fsp3) is 0.483. The van der Waals surface area contributed by atoms with Gasteiger partial charge in [-0.05, 0) is 58.2 Å². The van der Waals surface area contributed by atoms with E-state index in [1.165, 1.54) is 41.5 Å². The van der Waals surface area contributed by atoms with Crippen LogP contribution in [0.2, 0.25) is 0 Å². The smallest absolute Gasteiger partial charge is 0.0842 e.